The molecule has 0 saturated heterocycles. The van der Waals surface area contributed by atoms with Crippen LogP contribution in [0, 0.1) is 6.92 Å². The van der Waals surface area contributed by atoms with E-state index in [1.165, 1.54) is 10.9 Å². The minimum Gasteiger partial charge on any atom is -0.476 e. The summed E-state index contributed by atoms with van der Waals surface area (Å²) in [6.07, 6.45) is 1.22. The lowest BCUT2D eigenvalue weighted by atomic mass is 10.2. The van der Waals surface area contributed by atoms with Gasteiger partial charge in [0.15, 0.2) is 5.69 Å². The summed E-state index contributed by atoms with van der Waals surface area (Å²) in [5, 5.41) is 16.5. The molecule has 19 heavy (non-hydrogen) atoms. The second-order valence-corrected chi connectivity index (χ2v) is 4.23. The Morgan fingerprint density at radius 3 is 2.89 bits per heavy atom. The van der Waals surface area contributed by atoms with Crippen molar-refractivity contribution < 1.29 is 9.90 Å². The number of fused-ring (bicyclic) bond motifs is 1. The predicted molar refractivity (Wildman–Crippen MR) is 67.3 cm³/mol. The molecule has 0 aliphatic heterocycles. The quantitative estimate of drug-likeness (QED) is 0.744. The van der Waals surface area contributed by atoms with E-state index in [-0.39, 0.29) is 5.69 Å². The Balaban J connectivity index is 2.20. The molecule has 7 heteroatoms. The largest absolute Gasteiger partial charge is 0.476 e. The topological polar surface area (TPSA) is 85.8 Å². The summed E-state index contributed by atoms with van der Waals surface area (Å²) < 4.78 is 3.25. The Morgan fingerprint density at radius 2 is 2.16 bits per heavy atom. The Bertz CT molecular complexity index is 787. The third kappa shape index (κ3) is 1.67. The summed E-state index contributed by atoms with van der Waals surface area (Å²) in [6.45, 7) is 1.91. The molecule has 0 saturated carbocycles. The highest BCUT2D eigenvalue weighted by molar-refractivity contribution is 5.86. The maximum atomic E-state index is 11.1. The van der Waals surface area contributed by atoms with Gasteiger partial charge in [-0.25, -0.2) is 14.5 Å². The predicted octanol–water partition coefficient (Wildman–Crippen LogP) is 1.16. The monoisotopic (exact) mass is 257 g/mol. The number of carboxylic acid groups (broad SMARTS) is 1. The van der Waals surface area contributed by atoms with E-state index in [0.29, 0.717) is 5.69 Å². The second-order valence-electron chi connectivity index (χ2n) is 4.23. The molecule has 0 amide bonds. The van der Waals surface area contributed by atoms with Crippen LogP contribution >= 0.6 is 0 Å². The number of aromatic carboxylic acids is 1. The number of carboxylic acids is 1. The van der Waals surface area contributed by atoms with E-state index < -0.39 is 5.97 Å². The molecule has 0 radical (unpaired) electrons. The zero-order valence-electron chi connectivity index (χ0n) is 10.4. The van der Waals surface area contributed by atoms with Gasteiger partial charge in [0.2, 0.25) is 0 Å². The standard InChI is InChI=1S/C12H11N5O2/c1-7-14-9-5-8(3-4-10(9)16(7)2)17-11(12(18)19)6-13-15-17/h3-6H,1-2H3,(H,18,19). The molecule has 0 aliphatic carbocycles. The summed E-state index contributed by atoms with van der Waals surface area (Å²) in [7, 11) is 1.93. The molecule has 2 heterocycles. The number of rotatable bonds is 2. The average molecular weight is 257 g/mol. The van der Waals surface area contributed by atoms with Crippen molar-refractivity contribution in [3.8, 4) is 5.69 Å². The van der Waals surface area contributed by atoms with Crippen LogP contribution in [0.15, 0.2) is 24.4 Å². The van der Waals surface area contributed by atoms with Gasteiger partial charge >= 0.3 is 5.97 Å². The fraction of sp³-hybridized carbons (Fsp3) is 0.167. The molecule has 0 atom stereocenters. The molecule has 3 aromatic rings. The van der Waals surface area contributed by atoms with Gasteiger partial charge in [0, 0.05) is 7.05 Å². The zero-order valence-corrected chi connectivity index (χ0v) is 10.4. The molecular weight excluding hydrogens is 246 g/mol. The summed E-state index contributed by atoms with van der Waals surface area (Å²) in [5.74, 6) is -0.175. The number of hydrogen-bond donors (Lipinski definition) is 1. The fourth-order valence-electron chi connectivity index (χ4n) is 2.01. The Labute approximate surface area is 108 Å². The first-order chi connectivity index (χ1) is 9.08. The first-order valence-electron chi connectivity index (χ1n) is 5.65. The van der Waals surface area contributed by atoms with Crippen molar-refractivity contribution in [2.45, 2.75) is 6.92 Å². The van der Waals surface area contributed by atoms with Crippen molar-refractivity contribution in [3.05, 3.63) is 35.9 Å². The van der Waals surface area contributed by atoms with E-state index >= 15 is 0 Å². The lowest BCUT2D eigenvalue weighted by molar-refractivity contribution is 0.0687. The number of hydrogen-bond acceptors (Lipinski definition) is 4. The van der Waals surface area contributed by atoms with Crippen molar-refractivity contribution >= 4 is 17.0 Å². The maximum absolute atomic E-state index is 11.1. The van der Waals surface area contributed by atoms with Gasteiger partial charge in [-0.3, -0.25) is 0 Å². The summed E-state index contributed by atoms with van der Waals surface area (Å²) in [4.78, 5) is 15.5. The van der Waals surface area contributed by atoms with Crippen LogP contribution in [-0.4, -0.2) is 35.6 Å². The third-order valence-electron chi connectivity index (χ3n) is 3.10. The van der Waals surface area contributed by atoms with E-state index in [9.17, 15) is 4.79 Å². The highest BCUT2D eigenvalue weighted by Gasteiger charge is 2.14. The van der Waals surface area contributed by atoms with Crippen molar-refractivity contribution in [1.29, 1.82) is 0 Å². The molecule has 0 spiro atoms. The van der Waals surface area contributed by atoms with E-state index in [0.717, 1.165) is 16.9 Å². The number of aryl methyl sites for hydroxylation is 2. The number of carbonyl (C=O) groups is 1. The van der Waals surface area contributed by atoms with Gasteiger partial charge < -0.3 is 9.67 Å². The lowest BCUT2D eigenvalue weighted by Gasteiger charge is -2.03. The van der Waals surface area contributed by atoms with Crippen LogP contribution in [0.2, 0.25) is 0 Å². The summed E-state index contributed by atoms with van der Waals surface area (Å²) in [6, 6.07) is 5.48. The van der Waals surface area contributed by atoms with Crippen LogP contribution in [0.4, 0.5) is 0 Å². The van der Waals surface area contributed by atoms with Crippen molar-refractivity contribution in [3.63, 3.8) is 0 Å². The lowest BCUT2D eigenvalue weighted by Crippen LogP contribution is -2.07. The number of aromatic nitrogens is 5. The van der Waals surface area contributed by atoms with Crippen LogP contribution in [0.25, 0.3) is 16.7 Å². The Kier molecular flexibility index (Phi) is 2.34. The van der Waals surface area contributed by atoms with Gasteiger partial charge in [-0.05, 0) is 25.1 Å². The number of benzene rings is 1. The summed E-state index contributed by atoms with van der Waals surface area (Å²) in [5.41, 5.74) is 2.43. The van der Waals surface area contributed by atoms with E-state index in [2.05, 4.69) is 15.3 Å². The van der Waals surface area contributed by atoms with E-state index in [1.807, 2.05) is 24.6 Å². The number of imidazole rings is 1. The molecule has 3 rings (SSSR count). The minimum absolute atomic E-state index is 0.0204. The van der Waals surface area contributed by atoms with Gasteiger partial charge in [-0.15, -0.1) is 5.10 Å². The molecule has 0 fully saturated rings. The molecule has 0 aliphatic rings. The molecule has 96 valence electrons. The fourth-order valence-corrected chi connectivity index (χ4v) is 2.01. The van der Waals surface area contributed by atoms with Crippen LogP contribution in [-0.2, 0) is 7.05 Å². The van der Waals surface area contributed by atoms with Gasteiger partial charge in [0.1, 0.15) is 5.82 Å². The smallest absolute Gasteiger partial charge is 0.356 e. The number of nitrogens with zero attached hydrogens (tertiary/aromatic N) is 5. The maximum Gasteiger partial charge on any atom is 0.356 e. The van der Waals surface area contributed by atoms with E-state index in [4.69, 9.17) is 5.11 Å². The first kappa shape index (κ1) is 11.4. The molecule has 7 nitrogen and oxygen atoms in total. The highest BCUT2D eigenvalue weighted by atomic mass is 16.4. The summed E-state index contributed by atoms with van der Waals surface area (Å²) >= 11 is 0. The third-order valence-corrected chi connectivity index (χ3v) is 3.10. The highest BCUT2D eigenvalue weighted by Crippen LogP contribution is 2.19. The molecule has 1 aromatic carbocycles. The molecule has 2 aromatic heterocycles. The first-order valence-corrected chi connectivity index (χ1v) is 5.65. The van der Waals surface area contributed by atoms with Gasteiger partial charge in [-0.2, -0.15) is 0 Å². The Hall–Kier alpha value is -2.70. The normalized spacial score (nSPS) is 11.1. The van der Waals surface area contributed by atoms with Crippen molar-refractivity contribution in [2.75, 3.05) is 0 Å². The van der Waals surface area contributed by atoms with Crippen molar-refractivity contribution in [1.82, 2.24) is 24.5 Å². The van der Waals surface area contributed by atoms with Crippen LogP contribution in [0.1, 0.15) is 16.3 Å². The van der Waals surface area contributed by atoms with Crippen LogP contribution in [0.3, 0.4) is 0 Å². The van der Waals surface area contributed by atoms with Crippen LogP contribution < -0.4 is 0 Å². The minimum atomic E-state index is -1.07. The second kappa shape index (κ2) is 3.91. The van der Waals surface area contributed by atoms with Crippen LogP contribution in [0.5, 0.6) is 0 Å². The molecule has 0 bridgehead atoms. The van der Waals surface area contributed by atoms with Gasteiger partial charge in [-0.1, -0.05) is 5.21 Å². The zero-order chi connectivity index (χ0) is 13.6. The molecular formula is C12H11N5O2. The van der Waals surface area contributed by atoms with Gasteiger partial charge in [0.05, 0.1) is 22.9 Å². The Morgan fingerprint density at radius 1 is 1.37 bits per heavy atom. The van der Waals surface area contributed by atoms with Crippen molar-refractivity contribution in [2.24, 2.45) is 7.05 Å². The van der Waals surface area contributed by atoms with Gasteiger partial charge in [0.25, 0.3) is 0 Å². The molecule has 0 unspecified atom stereocenters. The molecule has 1 N–H and O–H groups in total. The SMILES string of the molecule is Cc1nc2cc(-n3nncc3C(=O)O)ccc2n1C. The average Bonchev–Trinajstić information content (AvgIpc) is 2.95. The van der Waals surface area contributed by atoms with E-state index in [1.54, 1.807) is 12.1 Å².